The number of rotatable bonds is 5. The van der Waals surface area contributed by atoms with E-state index in [2.05, 4.69) is 0 Å². The van der Waals surface area contributed by atoms with Gasteiger partial charge in [-0.15, -0.1) is 0 Å². The molecule has 0 radical (unpaired) electrons. The van der Waals surface area contributed by atoms with Gasteiger partial charge in [-0.2, -0.15) is 0 Å². The van der Waals surface area contributed by atoms with Crippen LogP contribution in [0.25, 0.3) is 11.0 Å². The highest BCUT2D eigenvalue weighted by atomic mass is 35.5. The lowest BCUT2D eigenvalue weighted by atomic mass is 10.00. The van der Waals surface area contributed by atoms with Gasteiger partial charge in [0, 0.05) is 10.6 Å². The maximum absolute atomic E-state index is 12.9. The number of fused-ring (bicyclic) bond motifs is 1. The van der Waals surface area contributed by atoms with Gasteiger partial charge in [0.2, 0.25) is 17.0 Å². The van der Waals surface area contributed by atoms with E-state index in [9.17, 15) is 19.5 Å². The van der Waals surface area contributed by atoms with Crippen molar-refractivity contribution in [2.45, 2.75) is 0 Å². The molecule has 0 bridgehead atoms. The van der Waals surface area contributed by atoms with E-state index in [-0.39, 0.29) is 27.3 Å². The highest BCUT2D eigenvalue weighted by Crippen LogP contribution is 2.29. The second-order valence-corrected chi connectivity index (χ2v) is 5.92. The van der Waals surface area contributed by atoms with E-state index in [0.29, 0.717) is 5.75 Å². The molecule has 1 aromatic heterocycles. The fraction of sp³-hybridized carbons (Fsp3) is 0.105. The van der Waals surface area contributed by atoms with E-state index >= 15 is 0 Å². The molecule has 0 fully saturated rings. The minimum atomic E-state index is -1.53. The predicted molar refractivity (Wildman–Crippen MR) is 97.4 cm³/mol. The summed E-state index contributed by atoms with van der Waals surface area (Å²) in [5, 5.41) is 9.69. The lowest BCUT2D eigenvalue weighted by Gasteiger charge is -2.10. The fourth-order valence-electron chi connectivity index (χ4n) is 2.65. The minimum Gasteiger partial charge on any atom is -0.493 e. The van der Waals surface area contributed by atoms with E-state index in [4.69, 9.17) is 25.5 Å². The first-order valence-electron chi connectivity index (χ1n) is 7.63. The van der Waals surface area contributed by atoms with Crippen molar-refractivity contribution in [1.82, 2.24) is 0 Å². The number of benzene rings is 2. The molecular weight excluding hydrogens is 376 g/mol. The number of hydrogen-bond donors (Lipinski definition) is 1. The summed E-state index contributed by atoms with van der Waals surface area (Å²) in [7, 11) is 2.82. The first-order valence-corrected chi connectivity index (χ1v) is 8.01. The minimum absolute atomic E-state index is 0.0105. The standard InChI is InChI=1S/C19H13ClO7/c1-25-13-5-3-9(7-14(13)26-2)16(21)15-17(22)11-8-10(20)4-6-12(11)27-18(15)19(23)24/h3-8H,1-2H3,(H,23,24). The fourth-order valence-corrected chi connectivity index (χ4v) is 2.82. The average Bonchev–Trinajstić information content (AvgIpc) is 2.67. The van der Waals surface area contributed by atoms with Gasteiger partial charge in [-0.1, -0.05) is 11.6 Å². The van der Waals surface area contributed by atoms with Crippen LogP contribution in [0.4, 0.5) is 0 Å². The number of ether oxygens (including phenoxy) is 2. The first-order chi connectivity index (χ1) is 12.9. The Labute approximate surface area is 157 Å². The summed E-state index contributed by atoms with van der Waals surface area (Å²) in [5.74, 6) is -2.45. The third kappa shape index (κ3) is 3.24. The van der Waals surface area contributed by atoms with Crippen LogP contribution >= 0.6 is 11.6 Å². The molecule has 3 rings (SSSR count). The zero-order valence-electron chi connectivity index (χ0n) is 14.2. The van der Waals surface area contributed by atoms with E-state index in [0.717, 1.165) is 0 Å². The molecule has 0 saturated heterocycles. The summed E-state index contributed by atoms with van der Waals surface area (Å²) in [4.78, 5) is 37.4. The summed E-state index contributed by atoms with van der Waals surface area (Å²) >= 11 is 5.90. The molecule has 0 aliphatic rings. The zero-order chi connectivity index (χ0) is 19.7. The van der Waals surface area contributed by atoms with E-state index in [1.807, 2.05) is 0 Å². The lowest BCUT2D eigenvalue weighted by molar-refractivity contribution is 0.0657. The molecule has 0 aliphatic heterocycles. The maximum Gasteiger partial charge on any atom is 0.372 e. The lowest BCUT2D eigenvalue weighted by Crippen LogP contribution is -2.21. The molecule has 1 N–H and O–H groups in total. The molecule has 0 amide bonds. The third-order valence-corrected chi connectivity index (χ3v) is 4.15. The SMILES string of the molecule is COc1ccc(C(=O)c2c(C(=O)O)oc3ccc(Cl)cc3c2=O)cc1OC. The number of carbonyl (C=O) groups is 2. The topological polar surface area (TPSA) is 103 Å². The Kier molecular flexibility index (Phi) is 4.87. The van der Waals surface area contributed by atoms with Crippen LogP contribution in [-0.4, -0.2) is 31.1 Å². The highest BCUT2D eigenvalue weighted by Gasteiger charge is 2.27. The Bertz CT molecular complexity index is 1130. The Morgan fingerprint density at radius 3 is 2.37 bits per heavy atom. The average molecular weight is 389 g/mol. The van der Waals surface area contributed by atoms with Crippen LogP contribution in [0.5, 0.6) is 11.5 Å². The summed E-state index contributed by atoms with van der Waals surface area (Å²) in [5.41, 5.74) is -1.31. The largest absolute Gasteiger partial charge is 0.493 e. The van der Waals surface area contributed by atoms with Crippen molar-refractivity contribution >= 4 is 34.3 Å². The predicted octanol–water partition coefficient (Wildman–Crippen LogP) is 3.39. The molecule has 0 aliphatic carbocycles. The molecule has 27 heavy (non-hydrogen) atoms. The van der Waals surface area contributed by atoms with Gasteiger partial charge in [-0.3, -0.25) is 9.59 Å². The van der Waals surface area contributed by atoms with Crippen LogP contribution < -0.4 is 14.9 Å². The van der Waals surface area contributed by atoms with Gasteiger partial charge < -0.3 is 19.0 Å². The molecular formula is C19H13ClO7. The molecule has 2 aromatic carbocycles. The Balaban J connectivity index is 2.28. The Morgan fingerprint density at radius 1 is 1.04 bits per heavy atom. The maximum atomic E-state index is 12.9. The third-order valence-electron chi connectivity index (χ3n) is 3.92. The number of carboxylic acids is 1. The van der Waals surface area contributed by atoms with Crippen molar-refractivity contribution in [1.29, 1.82) is 0 Å². The number of carboxylic acid groups (broad SMARTS) is 1. The molecule has 3 aromatic rings. The van der Waals surface area contributed by atoms with Gasteiger partial charge in [0.1, 0.15) is 11.1 Å². The Hall–Kier alpha value is -3.32. The molecule has 138 valence electrons. The summed E-state index contributed by atoms with van der Waals surface area (Å²) in [6.07, 6.45) is 0. The summed E-state index contributed by atoms with van der Waals surface area (Å²) in [6.45, 7) is 0. The van der Waals surface area contributed by atoms with Gasteiger partial charge in [0.15, 0.2) is 11.5 Å². The number of halogens is 1. The highest BCUT2D eigenvalue weighted by molar-refractivity contribution is 6.31. The number of carbonyl (C=O) groups excluding carboxylic acids is 1. The second-order valence-electron chi connectivity index (χ2n) is 5.48. The summed E-state index contributed by atoms with van der Waals surface area (Å²) in [6, 6.07) is 8.38. The van der Waals surface area contributed by atoms with Gasteiger partial charge in [0.25, 0.3) is 0 Å². The molecule has 7 nitrogen and oxygen atoms in total. The molecule has 0 spiro atoms. The van der Waals surface area contributed by atoms with Crippen LogP contribution in [-0.2, 0) is 0 Å². The van der Waals surface area contributed by atoms with Crippen molar-refractivity contribution in [3.05, 3.63) is 68.5 Å². The van der Waals surface area contributed by atoms with Crippen molar-refractivity contribution in [2.75, 3.05) is 14.2 Å². The van der Waals surface area contributed by atoms with Crippen LogP contribution in [0.1, 0.15) is 26.5 Å². The second kappa shape index (κ2) is 7.13. The quantitative estimate of drug-likeness (QED) is 0.668. The molecule has 1 heterocycles. The van der Waals surface area contributed by atoms with Crippen molar-refractivity contribution in [2.24, 2.45) is 0 Å². The van der Waals surface area contributed by atoms with E-state index in [1.165, 1.54) is 50.6 Å². The number of ketones is 1. The van der Waals surface area contributed by atoms with Gasteiger partial charge in [-0.25, -0.2) is 4.79 Å². The molecule has 0 saturated carbocycles. The number of methoxy groups -OCH3 is 2. The van der Waals surface area contributed by atoms with Crippen LogP contribution in [0.2, 0.25) is 5.02 Å². The van der Waals surface area contributed by atoms with Crippen LogP contribution in [0.3, 0.4) is 0 Å². The van der Waals surface area contributed by atoms with E-state index in [1.54, 1.807) is 0 Å². The zero-order valence-corrected chi connectivity index (χ0v) is 15.0. The van der Waals surface area contributed by atoms with E-state index < -0.39 is 28.5 Å². The van der Waals surface area contributed by atoms with Gasteiger partial charge in [-0.05, 0) is 36.4 Å². The molecule has 0 atom stereocenters. The Morgan fingerprint density at radius 2 is 1.74 bits per heavy atom. The van der Waals surface area contributed by atoms with Gasteiger partial charge >= 0.3 is 5.97 Å². The smallest absolute Gasteiger partial charge is 0.372 e. The van der Waals surface area contributed by atoms with Crippen LogP contribution in [0.15, 0.2) is 45.6 Å². The van der Waals surface area contributed by atoms with Crippen molar-refractivity contribution < 1.29 is 28.6 Å². The number of hydrogen-bond acceptors (Lipinski definition) is 6. The first kappa shape index (κ1) is 18.5. The van der Waals surface area contributed by atoms with Crippen molar-refractivity contribution in [3.8, 4) is 11.5 Å². The molecule has 0 unspecified atom stereocenters. The van der Waals surface area contributed by atoms with Crippen LogP contribution in [0, 0.1) is 0 Å². The van der Waals surface area contributed by atoms with Gasteiger partial charge in [0.05, 0.1) is 19.6 Å². The normalized spacial score (nSPS) is 10.6. The van der Waals surface area contributed by atoms with Crippen molar-refractivity contribution in [3.63, 3.8) is 0 Å². The molecule has 8 heteroatoms. The number of aromatic carboxylic acids is 1. The monoisotopic (exact) mass is 388 g/mol. The summed E-state index contributed by atoms with van der Waals surface area (Å²) < 4.78 is 15.6.